The summed E-state index contributed by atoms with van der Waals surface area (Å²) in [5, 5.41) is 12.6. The van der Waals surface area contributed by atoms with Crippen molar-refractivity contribution in [3.63, 3.8) is 0 Å². The van der Waals surface area contributed by atoms with Crippen molar-refractivity contribution in [3.8, 4) is 5.75 Å². The first-order valence-electron chi connectivity index (χ1n) is 13.2. The lowest BCUT2D eigenvalue weighted by molar-refractivity contribution is -0.126. The van der Waals surface area contributed by atoms with Crippen LogP contribution < -0.4 is 14.7 Å². The number of carbonyl (C=O) groups is 1. The van der Waals surface area contributed by atoms with E-state index >= 15 is 0 Å². The number of hydrogen-bond donors (Lipinski definition) is 1. The fraction of sp³-hybridized carbons (Fsp3) is 0.414. The third kappa shape index (κ3) is 5.05. The van der Waals surface area contributed by atoms with Gasteiger partial charge in [0.05, 0.1) is 12.2 Å². The summed E-state index contributed by atoms with van der Waals surface area (Å²) in [5.41, 5.74) is 3.25. The van der Waals surface area contributed by atoms with Crippen molar-refractivity contribution in [2.45, 2.75) is 32.7 Å². The van der Waals surface area contributed by atoms with Crippen LogP contribution in [0.5, 0.6) is 5.75 Å². The Hall–Kier alpha value is -3.81. The summed E-state index contributed by atoms with van der Waals surface area (Å²) >= 11 is 0. The molecule has 2 aromatic carbocycles. The molecule has 3 heterocycles. The first kappa shape index (κ1) is 24.9. The Labute approximate surface area is 218 Å². The number of phenolic OH excluding ortho intramolecular Hbond substituents is 1. The fourth-order valence-corrected chi connectivity index (χ4v) is 5.34. The number of phenols is 1. The lowest BCUT2D eigenvalue weighted by Crippen LogP contribution is -2.49. The second kappa shape index (κ2) is 10.7. The van der Waals surface area contributed by atoms with E-state index < -0.39 is 0 Å². The Balaban J connectivity index is 1.49. The molecule has 0 aliphatic carbocycles. The molecule has 8 nitrogen and oxygen atoms in total. The maximum Gasteiger partial charge on any atom is 0.246 e. The highest BCUT2D eigenvalue weighted by Crippen LogP contribution is 2.36. The van der Waals surface area contributed by atoms with E-state index in [4.69, 9.17) is 9.97 Å². The van der Waals surface area contributed by atoms with Gasteiger partial charge in [0.2, 0.25) is 11.9 Å². The quantitative estimate of drug-likeness (QED) is 0.492. The van der Waals surface area contributed by atoms with Crippen LogP contribution in [0.2, 0.25) is 0 Å². The molecule has 1 saturated heterocycles. The second-order valence-corrected chi connectivity index (χ2v) is 9.92. The summed E-state index contributed by atoms with van der Waals surface area (Å²) < 4.78 is 0. The number of benzene rings is 2. The van der Waals surface area contributed by atoms with Gasteiger partial charge in [-0.25, -0.2) is 4.98 Å². The number of aromatic nitrogens is 2. The largest absolute Gasteiger partial charge is 0.508 e. The summed E-state index contributed by atoms with van der Waals surface area (Å²) in [4.78, 5) is 30.9. The third-order valence-electron chi connectivity index (χ3n) is 7.45. The Morgan fingerprint density at radius 1 is 1.11 bits per heavy atom. The van der Waals surface area contributed by atoms with Crippen molar-refractivity contribution in [1.82, 2.24) is 14.9 Å². The predicted octanol–water partition coefficient (Wildman–Crippen LogP) is 3.97. The molecule has 5 rings (SSSR count). The zero-order valence-electron chi connectivity index (χ0n) is 21.9. The monoisotopic (exact) mass is 500 g/mol. The lowest BCUT2D eigenvalue weighted by Gasteiger charge is -2.38. The summed E-state index contributed by atoms with van der Waals surface area (Å²) in [6, 6.07) is 11.9. The van der Waals surface area contributed by atoms with Gasteiger partial charge < -0.3 is 24.7 Å². The van der Waals surface area contributed by atoms with E-state index in [0.717, 1.165) is 79.4 Å². The number of rotatable bonds is 7. The Kier molecular flexibility index (Phi) is 7.17. The molecule has 0 radical (unpaired) electrons. The molecule has 0 bridgehead atoms. The van der Waals surface area contributed by atoms with Gasteiger partial charge >= 0.3 is 0 Å². The standard InChI is InChI=1S/C29H36N6O2/c1-4-6-12-32(3)29-30-25-20-35(26-19-22(36)18-21-9-7-8-10-23(21)26)13-11-24(25)28(31-29)34-16-14-33(15-17-34)27(37)5-2/h5,7-10,18-19,36H,2,4,6,11-17,20H2,1,3H3. The molecule has 1 amide bonds. The number of nitrogens with zero attached hydrogens (tertiary/aromatic N) is 6. The van der Waals surface area contributed by atoms with E-state index in [1.165, 1.54) is 11.6 Å². The van der Waals surface area contributed by atoms with Crippen LogP contribution in [0.4, 0.5) is 17.5 Å². The number of carbonyl (C=O) groups excluding carboxylic acids is 1. The van der Waals surface area contributed by atoms with Gasteiger partial charge in [-0.15, -0.1) is 0 Å². The molecule has 1 fully saturated rings. The molecule has 194 valence electrons. The van der Waals surface area contributed by atoms with E-state index in [-0.39, 0.29) is 11.7 Å². The third-order valence-corrected chi connectivity index (χ3v) is 7.45. The number of aromatic hydroxyl groups is 1. The van der Waals surface area contributed by atoms with Gasteiger partial charge in [0.25, 0.3) is 0 Å². The van der Waals surface area contributed by atoms with Crippen molar-refractivity contribution >= 4 is 34.1 Å². The van der Waals surface area contributed by atoms with Crippen LogP contribution in [0.1, 0.15) is 31.0 Å². The Morgan fingerprint density at radius 3 is 2.65 bits per heavy atom. The highest BCUT2D eigenvalue weighted by molar-refractivity contribution is 5.95. The van der Waals surface area contributed by atoms with Crippen LogP contribution in [-0.2, 0) is 17.8 Å². The highest BCUT2D eigenvalue weighted by atomic mass is 16.3. The van der Waals surface area contributed by atoms with Gasteiger partial charge in [0.15, 0.2) is 0 Å². The van der Waals surface area contributed by atoms with Gasteiger partial charge in [-0.1, -0.05) is 44.2 Å². The number of unbranched alkanes of at least 4 members (excludes halogenated alkanes) is 1. The molecule has 3 aromatic rings. The first-order valence-corrected chi connectivity index (χ1v) is 13.2. The van der Waals surface area contributed by atoms with Crippen molar-refractivity contribution in [2.24, 2.45) is 0 Å². The molecule has 1 N–H and O–H groups in total. The lowest BCUT2D eigenvalue weighted by atomic mass is 10.0. The van der Waals surface area contributed by atoms with Crippen LogP contribution in [0, 0.1) is 0 Å². The smallest absolute Gasteiger partial charge is 0.246 e. The fourth-order valence-electron chi connectivity index (χ4n) is 5.34. The van der Waals surface area contributed by atoms with Gasteiger partial charge in [-0.05, 0) is 30.4 Å². The van der Waals surface area contributed by atoms with E-state index in [1.807, 2.05) is 35.2 Å². The number of amides is 1. The van der Waals surface area contributed by atoms with Gasteiger partial charge in [0.1, 0.15) is 11.6 Å². The summed E-state index contributed by atoms with van der Waals surface area (Å²) in [5.74, 6) is 2.00. The maximum absolute atomic E-state index is 12.1. The van der Waals surface area contributed by atoms with Crippen molar-refractivity contribution in [1.29, 1.82) is 0 Å². The topological polar surface area (TPSA) is 76.0 Å². The number of fused-ring (bicyclic) bond motifs is 2. The minimum atomic E-state index is -0.0154. The molecule has 1 aromatic heterocycles. The zero-order chi connectivity index (χ0) is 25.9. The highest BCUT2D eigenvalue weighted by Gasteiger charge is 2.29. The summed E-state index contributed by atoms with van der Waals surface area (Å²) in [7, 11) is 2.06. The molecule has 2 aliphatic heterocycles. The van der Waals surface area contributed by atoms with Crippen molar-refractivity contribution in [2.75, 3.05) is 61.0 Å². The number of piperazine rings is 1. The second-order valence-electron chi connectivity index (χ2n) is 9.92. The SMILES string of the molecule is C=CC(=O)N1CCN(c2nc(N(C)CCCC)nc3c2CCN(c2cc(O)cc4ccccc24)C3)CC1. The molecule has 0 saturated carbocycles. The van der Waals surface area contributed by atoms with Crippen molar-refractivity contribution in [3.05, 3.63) is 60.3 Å². The molecule has 0 atom stereocenters. The number of hydrogen-bond acceptors (Lipinski definition) is 7. The summed E-state index contributed by atoms with van der Waals surface area (Å²) in [6.07, 6.45) is 4.40. The van der Waals surface area contributed by atoms with E-state index in [1.54, 1.807) is 0 Å². The van der Waals surface area contributed by atoms with Crippen LogP contribution >= 0.6 is 0 Å². The molecule has 0 spiro atoms. The van der Waals surface area contributed by atoms with Gasteiger partial charge in [0, 0.05) is 69.0 Å². The number of anilines is 3. The first-order chi connectivity index (χ1) is 18.0. The predicted molar refractivity (Wildman–Crippen MR) is 150 cm³/mol. The molecule has 0 unspecified atom stereocenters. The van der Waals surface area contributed by atoms with Crippen LogP contribution in [-0.4, -0.2) is 72.2 Å². The Bertz CT molecular complexity index is 1300. The molecule has 2 aliphatic rings. The molecule has 37 heavy (non-hydrogen) atoms. The molecular formula is C29H36N6O2. The van der Waals surface area contributed by atoms with E-state index in [9.17, 15) is 9.90 Å². The summed E-state index contributed by atoms with van der Waals surface area (Å²) in [6.45, 7) is 11.0. The Morgan fingerprint density at radius 2 is 1.89 bits per heavy atom. The van der Waals surface area contributed by atoms with Crippen LogP contribution in [0.25, 0.3) is 10.8 Å². The van der Waals surface area contributed by atoms with E-state index in [0.29, 0.717) is 19.6 Å². The van der Waals surface area contributed by atoms with Crippen LogP contribution in [0.15, 0.2) is 49.1 Å². The normalized spacial score (nSPS) is 15.6. The zero-order valence-corrected chi connectivity index (χ0v) is 21.9. The average molecular weight is 501 g/mol. The van der Waals surface area contributed by atoms with Crippen molar-refractivity contribution < 1.29 is 9.90 Å². The average Bonchev–Trinajstić information content (AvgIpc) is 2.94. The van der Waals surface area contributed by atoms with E-state index in [2.05, 4.69) is 41.3 Å². The van der Waals surface area contributed by atoms with Crippen LogP contribution in [0.3, 0.4) is 0 Å². The van der Waals surface area contributed by atoms with Gasteiger partial charge in [-0.2, -0.15) is 4.98 Å². The van der Waals surface area contributed by atoms with Gasteiger partial charge in [-0.3, -0.25) is 4.79 Å². The molecular weight excluding hydrogens is 464 g/mol. The minimum Gasteiger partial charge on any atom is -0.508 e. The maximum atomic E-state index is 12.1. The minimum absolute atomic E-state index is 0.0154. The molecule has 8 heteroatoms.